The third-order valence-corrected chi connectivity index (χ3v) is 2.39. The van der Waals surface area contributed by atoms with Gasteiger partial charge in [-0.05, 0) is 11.4 Å². The van der Waals surface area contributed by atoms with Crippen LogP contribution in [0.5, 0.6) is 0 Å². The van der Waals surface area contributed by atoms with Crippen molar-refractivity contribution in [3.63, 3.8) is 0 Å². The molecule has 0 aromatic heterocycles. The van der Waals surface area contributed by atoms with Gasteiger partial charge in [0.25, 0.3) is 0 Å². The lowest BCUT2D eigenvalue weighted by Gasteiger charge is -2.08. The third kappa shape index (κ3) is 2.27. The maximum absolute atomic E-state index is 13.3. The fourth-order valence-corrected chi connectivity index (χ4v) is 1.39. The second kappa shape index (κ2) is 5.45. The van der Waals surface area contributed by atoms with Gasteiger partial charge in [-0.2, -0.15) is 0 Å². The molecule has 0 radical (unpaired) electrons. The molecule has 0 fully saturated rings. The van der Waals surface area contributed by atoms with Gasteiger partial charge in [-0.15, -0.1) is 0 Å². The Labute approximate surface area is 97.5 Å². The summed E-state index contributed by atoms with van der Waals surface area (Å²) < 4.78 is 52.8. The summed E-state index contributed by atoms with van der Waals surface area (Å²) >= 11 is 2.87. The first-order valence-electron chi connectivity index (χ1n) is 4.24. The van der Waals surface area contributed by atoms with E-state index in [2.05, 4.69) is 15.9 Å². The van der Waals surface area contributed by atoms with E-state index < -0.39 is 41.0 Å². The molecule has 0 saturated heterocycles. The summed E-state index contributed by atoms with van der Waals surface area (Å²) in [7, 11) is 0. The number of hydrogen-bond acceptors (Lipinski definition) is 1. The van der Waals surface area contributed by atoms with Gasteiger partial charge in [0.1, 0.15) is 0 Å². The van der Waals surface area contributed by atoms with Crippen LogP contribution in [0.4, 0.5) is 17.6 Å². The van der Waals surface area contributed by atoms with E-state index in [0.29, 0.717) is 0 Å². The highest BCUT2D eigenvalue weighted by molar-refractivity contribution is 9.11. The van der Waals surface area contributed by atoms with Crippen molar-refractivity contribution < 1.29 is 22.7 Å². The summed E-state index contributed by atoms with van der Waals surface area (Å²) in [5.74, 6) is -6.07. The number of aliphatic hydroxyl groups is 1. The second-order valence-corrected chi connectivity index (χ2v) is 3.47. The Kier molecular flexibility index (Phi) is 4.49. The average molecular weight is 299 g/mol. The zero-order valence-electron chi connectivity index (χ0n) is 7.91. The monoisotopic (exact) mass is 298 g/mol. The van der Waals surface area contributed by atoms with Crippen molar-refractivity contribution in [3.05, 3.63) is 45.5 Å². The van der Waals surface area contributed by atoms with Gasteiger partial charge in [0.05, 0.1) is 12.2 Å². The summed E-state index contributed by atoms with van der Waals surface area (Å²) in [5.41, 5.74) is -1.70. The highest BCUT2D eigenvalue weighted by atomic mass is 79.9. The standard InChI is InChI=1S/C10H7BrF4O/c11-3-1-2-5-7(12)9(14)6(4-16)10(15)8(5)13/h1,3,16H,2,4H2/b3-1-. The minimum absolute atomic E-state index is 0.289. The normalized spacial score (nSPS) is 11.4. The molecular formula is C10H7BrF4O. The van der Waals surface area contributed by atoms with E-state index in [1.165, 1.54) is 11.1 Å². The molecule has 1 N–H and O–H groups in total. The quantitative estimate of drug-likeness (QED) is 0.671. The molecule has 0 aliphatic heterocycles. The molecule has 0 spiro atoms. The van der Waals surface area contributed by atoms with E-state index in [1.807, 2.05) is 0 Å². The lowest BCUT2D eigenvalue weighted by atomic mass is 10.1. The Morgan fingerprint density at radius 1 is 0.938 bits per heavy atom. The topological polar surface area (TPSA) is 20.2 Å². The van der Waals surface area contributed by atoms with E-state index >= 15 is 0 Å². The molecule has 1 aromatic rings. The van der Waals surface area contributed by atoms with Crippen LogP contribution in [-0.2, 0) is 13.0 Å². The van der Waals surface area contributed by atoms with Crippen LogP contribution in [-0.4, -0.2) is 5.11 Å². The maximum atomic E-state index is 13.3. The van der Waals surface area contributed by atoms with Crippen LogP contribution in [0.15, 0.2) is 11.1 Å². The zero-order valence-corrected chi connectivity index (χ0v) is 9.49. The van der Waals surface area contributed by atoms with Crippen molar-refractivity contribution in [1.82, 2.24) is 0 Å². The first-order chi connectivity index (χ1) is 7.54. The van der Waals surface area contributed by atoms with Crippen LogP contribution in [0, 0.1) is 23.3 Å². The third-order valence-electron chi connectivity index (χ3n) is 2.01. The molecule has 0 bridgehead atoms. The van der Waals surface area contributed by atoms with Crippen molar-refractivity contribution in [3.8, 4) is 0 Å². The average Bonchev–Trinajstić information content (AvgIpc) is 2.27. The molecule has 6 heteroatoms. The molecule has 0 aliphatic rings. The zero-order chi connectivity index (χ0) is 12.3. The Morgan fingerprint density at radius 3 is 1.75 bits per heavy atom. The fourth-order valence-electron chi connectivity index (χ4n) is 1.20. The van der Waals surface area contributed by atoms with Crippen LogP contribution in [0.1, 0.15) is 11.1 Å². The van der Waals surface area contributed by atoms with E-state index in [9.17, 15) is 17.6 Å². The SMILES string of the molecule is OCc1c(F)c(F)c(C/C=C\Br)c(F)c1F. The van der Waals surface area contributed by atoms with Crippen LogP contribution < -0.4 is 0 Å². The van der Waals surface area contributed by atoms with Crippen molar-refractivity contribution in [1.29, 1.82) is 0 Å². The molecule has 88 valence electrons. The van der Waals surface area contributed by atoms with Crippen molar-refractivity contribution in [2.45, 2.75) is 13.0 Å². The van der Waals surface area contributed by atoms with E-state index in [1.54, 1.807) is 0 Å². The minimum atomic E-state index is -1.56. The number of rotatable bonds is 3. The number of halogens is 5. The Balaban J connectivity index is 3.40. The van der Waals surface area contributed by atoms with E-state index in [4.69, 9.17) is 5.11 Å². The molecule has 0 aliphatic carbocycles. The lowest BCUT2D eigenvalue weighted by molar-refractivity contribution is 0.262. The minimum Gasteiger partial charge on any atom is -0.391 e. The van der Waals surface area contributed by atoms with Gasteiger partial charge in [-0.25, -0.2) is 17.6 Å². The first-order valence-corrected chi connectivity index (χ1v) is 5.15. The van der Waals surface area contributed by atoms with Gasteiger partial charge in [0.2, 0.25) is 0 Å². The predicted molar refractivity (Wildman–Crippen MR) is 54.0 cm³/mol. The molecule has 1 aromatic carbocycles. The molecule has 1 rings (SSSR count). The van der Waals surface area contributed by atoms with Gasteiger partial charge < -0.3 is 5.11 Å². The number of hydrogen-bond donors (Lipinski definition) is 1. The van der Waals surface area contributed by atoms with E-state index in [-0.39, 0.29) is 6.42 Å². The Bertz CT molecular complexity index is 402. The van der Waals surface area contributed by atoms with Crippen LogP contribution in [0.25, 0.3) is 0 Å². The maximum Gasteiger partial charge on any atom is 0.167 e. The van der Waals surface area contributed by atoms with Crippen LogP contribution in [0.3, 0.4) is 0 Å². The molecule has 16 heavy (non-hydrogen) atoms. The second-order valence-electron chi connectivity index (χ2n) is 2.94. The predicted octanol–water partition coefficient (Wildman–Crippen LogP) is 3.19. The van der Waals surface area contributed by atoms with Gasteiger partial charge in [-0.1, -0.05) is 22.0 Å². The van der Waals surface area contributed by atoms with Gasteiger partial charge in [0, 0.05) is 5.56 Å². The van der Waals surface area contributed by atoms with Crippen molar-refractivity contribution >= 4 is 15.9 Å². The molecule has 1 nitrogen and oxygen atoms in total. The molecule has 0 unspecified atom stereocenters. The van der Waals surface area contributed by atoms with Crippen LogP contribution in [0.2, 0.25) is 0 Å². The summed E-state index contributed by atoms with van der Waals surface area (Å²) in [6.45, 7) is -1.10. The van der Waals surface area contributed by atoms with Crippen LogP contribution >= 0.6 is 15.9 Å². The smallest absolute Gasteiger partial charge is 0.167 e. The number of benzene rings is 1. The highest BCUT2D eigenvalue weighted by Gasteiger charge is 2.23. The number of allylic oxidation sites excluding steroid dienone is 1. The van der Waals surface area contributed by atoms with Crippen molar-refractivity contribution in [2.75, 3.05) is 0 Å². The molecule has 0 heterocycles. The Hall–Kier alpha value is -0.880. The molecule has 0 saturated carbocycles. The highest BCUT2D eigenvalue weighted by Crippen LogP contribution is 2.24. The number of aliphatic hydroxyl groups excluding tert-OH is 1. The fraction of sp³-hybridized carbons (Fsp3) is 0.200. The van der Waals surface area contributed by atoms with Gasteiger partial charge in [0.15, 0.2) is 23.3 Å². The molecule has 0 amide bonds. The van der Waals surface area contributed by atoms with E-state index in [0.717, 1.165) is 0 Å². The molecular weight excluding hydrogens is 292 g/mol. The summed E-state index contributed by atoms with van der Waals surface area (Å²) in [6, 6.07) is 0. The largest absolute Gasteiger partial charge is 0.391 e. The lowest BCUT2D eigenvalue weighted by Crippen LogP contribution is -2.08. The van der Waals surface area contributed by atoms with Crippen molar-refractivity contribution in [2.24, 2.45) is 0 Å². The summed E-state index contributed by atoms with van der Waals surface area (Å²) in [6.07, 6.45) is 1.00. The first kappa shape index (κ1) is 13.2. The summed E-state index contributed by atoms with van der Waals surface area (Å²) in [4.78, 5) is 1.32. The van der Waals surface area contributed by atoms with Gasteiger partial charge >= 0.3 is 0 Å². The molecule has 0 atom stereocenters. The van der Waals surface area contributed by atoms with Gasteiger partial charge in [-0.3, -0.25) is 0 Å². The summed E-state index contributed by atoms with van der Waals surface area (Å²) in [5, 5.41) is 8.58. The Morgan fingerprint density at radius 2 is 1.38 bits per heavy atom.